The summed E-state index contributed by atoms with van der Waals surface area (Å²) < 4.78 is 2.12. The van der Waals surface area contributed by atoms with Crippen LogP contribution in [0.2, 0.25) is 10.0 Å². The minimum atomic E-state index is 0.401. The van der Waals surface area contributed by atoms with Crippen molar-refractivity contribution in [2.45, 2.75) is 29.5 Å². The molecule has 24 heavy (non-hydrogen) atoms. The smallest absolute Gasteiger partial charge is 0.0946 e. The van der Waals surface area contributed by atoms with Gasteiger partial charge >= 0.3 is 0 Å². The van der Waals surface area contributed by atoms with Crippen molar-refractivity contribution in [2.75, 3.05) is 0 Å². The summed E-state index contributed by atoms with van der Waals surface area (Å²) in [5, 5.41) is 1.78. The number of nitrogens with zero attached hydrogens (tertiary/aromatic N) is 2. The van der Waals surface area contributed by atoms with Crippen molar-refractivity contribution >= 4 is 35.0 Å². The van der Waals surface area contributed by atoms with Gasteiger partial charge in [0.05, 0.1) is 11.3 Å². The van der Waals surface area contributed by atoms with E-state index >= 15 is 0 Å². The van der Waals surface area contributed by atoms with Crippen molar-refractivity contribution in [3.8, 4) is 0 Å². The van der Waals surface area contributed by atoms with Crippen molar-refractivity contribution < 1.29 is 0 Å². The van der Waals surface area contributed by atoms with E-state index in [1.54, 1.807) is 17.8 Å². The Balaban J connectivity index is 1.71. The highest BCUT2D eigenvalue weighted by molar-refractivity contribution is 8.00. The van der Waals surface area contributed by atoms with Crippen LogP contribution in [0.25, 0.3) is 0 Å². The zero-order valence-corrected chi connectivity index (χ0v) is 15.4. The molecule has 3 aromatic rings. The summed E-state index contributed by atoms with van der Waals surface area (Å²) in [6, 6.07) is 16.3. The van der Waals surface area contributed by atoms with Gasteiger partial charge in [-0.05, 0) is 36.6 Å². The van der Waals surface area contributed by atoms with Crippen molar-refractivity contribution in [2.24, 2.45) is 0 Å². The van der Waals surface area contributed by atoms with Crippen LogP contribution >= 0.6 is 35.0 Å². The summed E-state index contributed by atoms with van der Waals surface area (Å²) in [7, 11) is 0. The fraction of sp³-hybridized carbons (Fsp3) is 0.211. The molecule has 2 nitrogen and oxygen atoms in total. The molecule has 124 valence electrons. The molecule has 0 spiro atoms. The van der Waals surface area contributed by atoms with E-state index in [4.69, 9.17) is 23.2 Å². The van der Waals surface area contributed by atoms with Gasteiger partial charge in [-0.1, -0.05) is 53.5 Å². The van der Waals surface area contributed by atoms with E-state index in [1.165, 1.54) is 5.56 Å². The summed E-state index contributed by atoms with van der Waals surface area (Å²) in [5.41, 5.74) is 1.36. The summed E-state index contributed by atoms with van der Waals surface area (Å²) in [6.45, 7) is 0.899. The van der Waals surface area contributed by atoms with Crippen LogP contribution in [-0.4, -0.2) is 14.8 Å². The second kappa shape index (κ2) is 8.61. The molecule has 0 saturated carbocycles. The molecule has 5 heteroatoms. The van der Waals surface area contributed by atoms with Crippen LogP contribution < -0.4 is 0 Å². The van der Waals surface area contributed by atoms with Crippen LogP contribution in [0.5, 0.6) is 0 Å². The number of halogens is 2. The second-order valence-electron chi connectivity index (χ2n) is 5.60. The van der Waals surface area contributed by atoms with Crippen molar-refractivity contribution in [3.05, 3.63) is 82.9 Å². The first-order valence-electron chi connectivity index (χ1n) is 7.82. The maximum atomic E-state index is 6.35. The highest BCUT2D eigenvalue weighted by Crippen LogP contribution is 2.34. The number of thioether (sulfide) groups is 1. The lowest BCUT2D eigenvalue weighted by molar-refractivity contribution is 0.624. The Morgan fingerprint density at radius 3 is 2.62 bits per heavy atom. The lowest BCUT2D eigenvalue weighted by atomic mass is 10.1. The summed E-state index contributed by atoms with van der Waals surface area (Å²) in [6.07, 6.45) is 7.78. The monoisotopic (exact) mass is 376 g/mol. The maximum Gasteiger partial charge on any atom is 0.0946 e. The standard InChI is InChI=1S/C19H18Cl2N2S/c20-16-7-9-19(18(21)12-16)24-17(13-23-11-10-22-14-23)8-6-15-4-2-1-3-5-15/h1-5,7,9-12,14,17H,6,8,13H2. The Labute approximate surface area is 156 Å². The first kappa shape index (κ1) is 17.4. The van der Waals surface area contributed by atoms with Crippen molar-refractivity contribution in [1.29, 1.82) is 0 Å². The Bertz CT molecular complexity index is 760. The molecule has 0 aliphatic carbocycles. The first-order valence-corrected chi connectivity index (χ1v) is 9.45. The number of hydrogen-bond acceptors (Lipinski definition) is 2. The quantitative estimate of drug-likeness (QED) is 0.471. The molecule has 0 N–H and O–H groups in total. The molecule has 0 saturated heterocycles. The fourth-order valence-electron chi connectivity index (χ4n) is 2.54. The van der Waals surface area contributed by atoms with Gasteiger partial charge in [0.25, 0.3) is 0 Å². The Hall–Kier alpha value is -1.42. The molecule has 0 bridgehead atoms. The number of aryl methyl sites for hydroxylation is 1. The third-order valence-electron chi connectivity index (χ3n) is 3.76. The molecule has 1 atom stereocenters. The molecular formula is C19H18Cl2N2S. The highest BCUT2D eigenvalue weighted by Gasteiger charge is 2.14. The van der Waals surface area contributed by atoms with Gasteiger partial charge in [0.1, 0.15) is 0 Å². The van der Waals surface area contributed by atoms with Crippen molar-refractivity contribution in [3.63, 3.8) is 0 Å². The zero-order valence-electron chi connectivity index (χ0n) is 13.1. The molecule has 0 radical (unpaired) electrons. The fourth-order valence-corrected chi connectivity index (χ4v) is 4.24. The van der Waals surface area contributed by atoms with Gasteiger partial charge in [0, 0.05) is 34.1 Å². The van der Waals surface area contributed by atoms with Crippen LogP contribution in [0.15, 0.2) is 72.1 Å². The molecule has 0 aliphatic rings. The van der Waals surface area contributed by atoms with Crippen molar-refractivity contribution in [1.82, 2.24) is 9.55 Å². The predicted molar refractivity (Wildman–Crippen MR) is 103 cm³/mol. The molecule has 3 rings (SSSR count). The van der Waals surface area contributed by atoms with E-state index in [0.29, 0.717) is 15.3 Å². The van der Waals surface area contributed by atoms with E-state index in [9.17, 15) is 0 Å². The average molecular weight is 377 g/mol. The molecule has 1 aromatic heterocycles. The second-order valence-corrected chi connectivity index (χ2v) is 7.78. The zero-order chi connectivity index (χ0) is 16.8. The predicted octanol–water partition coefficient (Wildman–Crippen LogP) is 5.98. The van der Waals surface area contributed by atoms with Crippen LogP contribution in [0.3, 0.4) is 0 Å². The SMILES string of the molecule is Clc1ccc(SC(CCc2ccccc2)Cn2ccnc2)c(Cl)c1. The topological polar surface area (TPSA) is 17.8 Å². The third-order valence-corrected chi connectivity index (χ3v) is 5.75. The van der Waals surface area contributed by atoms with Gasteiger partial charge in [0.15, 0.2) is 0 Å². The largest absolute Gasteiger partial charge is 0.336 e. The highest BCUT2D eigenvalue weighted by atomic mass is 35.5. The summed E-state index contributed by atoms with van der Waals surface area (Å²) >= 11 is 14.2. The molecule has 0 fully saturated rings. The Morgan fingerprint density at radius 1 is 1.08 bits per heavy atom. The van der Waals surface area contributed by atoms with E-state index in [-0.39, 0.29) is 0 Å². The van der Waals surface area contributed by atoms with Gasteiger partial charge in [0.2, 0.25) is 0 Å². The lowest BCUT2D eigenvalue weighted by Crippen LogP contribution is -2.13. The van der Waals surface area contributed by atoms with Crippen LogP contribution in [0.1, 0.15) is 12.0 Å². The first-order chi connectivity index (χ1) is 11.7. The lowest BCUT2D eigenvalue weighted by Gasteiger charge is -2.18. The van der Waals surface area contributed by atoms with Gasteiger partial charge in [-0.2, -0.15) is 0 Å². The summed E-state index contributed by atoms with van der Waals surface area (Å²) in [5.74, 6) is 0. The minimum absolute atomic E-state index is 0.401. The average Bonchev–Trinajstić information content (AvgIpc) is 3.09. The normalized spacial score (nSPS) is 12.2. The maximum absolute atomic E-state index is 6.35. The van der Waals surface area contributed by atoms with Gasteiger partial charge in [-0.25, -0.2) is 4.98 Å². The van der Waals surface area contributed by atoms with E-state index in [0.717, 1.165) is 24.3 Å². The summed E-state index contributed by atoms with van der Waals surface area (Å²) in [4.78, 5) is 5.21. The number of aromatic nitrogens is 2. The van der Waals surface area contributed by atoms with Crippen LogP contribution in [0, 0.1) is 0 Å². The number of rotatable bonds is 7. The minimum Gasteiger partial charge on any atom is -0.336 e. The van der Waals surface area contributed by atoms with E-state index in [1.807, 2.05) is 30.9 Å². The molecule has 2 aromatic carbocycles. The molecule has 1 unspecified atom stereocenters. The van der Waals surface area contributed by atoms with E-state index < -0.39 is 0 Å². The van der Waals surface area contributed by atoms with E-state index in [2.05, 4.69) is 39.9 Å². The number of hydrogen-bond donors (Lipinski definition) is 0. The van der Waals surface area contributed by atoms with Gasteiger partial charge in [-0.15, -0.1) is 11.8 Å². The number of benzene rings is 2. The third kappa shape index (κ3) is 5.04. The van der Waals surface area contributed by atoms with Gasteiger partial charge in [-0.3, -0.25) is 0 Å². The van der Waals surface area contributed by atoms with Crippen LogP contribution in [0.4, 0.5) is 0 Å². The molecule has 1 heterocycles. The molecular weight excluding hydrogens is 359 g/mol. The Kier molecular flexibility index (Phi) is 6.24. The molecule has 0 amide bonds. The Morgan fingerprint density at radius 2 is 1.92 bits per heavy atom. The van der Waals surface area contributed by atoms with Gasteiger partial charge < -0.3 is 4.57 Å². The number of imidazole rings is 1. The van der Waals surface area contributed by atoms with Crippen LogP contribution in [-0.2, 0) is 13.0 Å². The molecule has 0 aliphatic heterocycles.